The summed E-state index contributed by atoms with van der Waals surface area (Å²) in [4.78, 5) is 12.5. The molecule has 4 heteroatoms. The Labute approximate surface area is 112 Å². The van der Waals surface area contributed by atoms with Crippen LogP contribution in [0.2, 0.25) is 0 Å². The maximum atomic E-state index is 12.5. The second-order valence-electron chi connectivity index (χ2n) is 6.85. The lowest BCUT2D eigenvalue weighted by molar-refractivity contribution is -0.117. The first-order valence-corrected chi connectivity index (χ1v) is 7.17. The SMILES string of the molecule is C=C1C(=O)[C@H]2O[C@@]23[C@H](CC[C@]3(C)O)[C@@H]2O[C@H](C)C[C@@H]12. The van der Waals surface area contributed by atoms with Crippen molar-refractivity contribution in [2.75, 3.05) is 0 Å². The van der Waals surface area contributed by atoms with E-state index < -0.39 is 17.3 Å². The lowest BCUT2D eigenvalue weighted by Gasteiger charge is -2.30. The van der Waals surface area contributed by atoms with E-state index in [1.165, 1.54) is 0 Å². The Kier molecular flexibility index (Phi) is 2.09. The Balaban J connectivity index is 1.82. The molecule has 0 aromatic carbocycles. The number of Topliss-reactive ketones (excluding diaryl/α,β-unsaturated/α-hetero) is 1. The van der Waals surface area contributed by atoms with E-state index >= 15 is 0 Å². The van der Waals surface area contributed by atoms with Crippen LogP contribution in [0.3, 0.4) is 0 Å². The molecule has 1 N–H and O–H groups in total. The van der Waals surface area contributed by atoms with Gasteiger partial charge >= 0.3 is 0 Å². The van der Waals surface area contributed by atoms with Crippen LogP contribution in [0.1, 0.15) is 33.1 Å². The monoisotopic (exact) mass is 264 g/mol. The van der Waals surface area contributed by atoms with Gasteiger partial charge in [0.05, 0.1) is 17.8 Å². The van der Waals surface area contributed by atoms with Gasteiger partial charge in [-0.2, -0.15) is 0 Å². The molecule has 0 radical (unpaired) electrons. The largest absolute Gasteiger partial charge is 0.387 e. The van der Waals surface area contributed by atoms with Crippen LogP contribution in [0.5, 0.6) is 0 Å². The summed E-state index contributed by atoms with van der Waals surface area (Å²) in [5.41, 5.74) is -1.000. The number of hydrogen-bond acceptors (Lipinski definition) is 4. The van der Waals surface area contributed by atoms with Crippen LogP contribution in [0.4, 0.5) is 0 Å². The van der Waals surface area contributed by atoms with Crippen molar-refractivity contribution in [2.24, 2.45) is 11.8 Å². The Morgan fingerprint density at radius 3 is 2.95 bits per heavy atom. The van der Waals surface area contributed by atoms with Gasteiger partial charge in [-0.1, -0.05) is 6.58 Å². The Hall–Kier alpha value is -0.710. The predicted molar refractivity (Wildman–Crippen MR) is 67.5 cm³/mol. The van der Waals surface area contributed by atoms with Gasteiger partial charge in [0.15, 0.2) is 11.9 Å². The minimum Gasteiger partial charge on any atom is -0.387 e. The third kappa shape index (κ3) is 1.23. The third-order valence-corrected chi connectivity index (χ3v) is 5.75. The molecule has 2 aliphatic heterocycles. The fourth-order valence-corrected chi connectivity index (χ4v) is 4.73. The molecule has 0 aromatic heterocycles. The maximum Gasteiger partial charge on any atom is 0.190 e. The van der Waals surface area contributed by atoms with Crippen molar-refractivity contribution in [2.45, 2.75) is 62.6 Å². The fourth-order valence-electron chi connectivity index (χ4n) is 4.73. The molecule has 104 valence electrons. The molecule has 0 aromatic rings. The molecule has 2 heterocycles. The first-order valence-electron chi connectivity index (χ1n) is 7.17. The van der Waals surface area contributed by atoms with Crippen molar-refractivity contribution in [1.82, 2.24) is 0 Å². The summed E-state index contributed by atoms with van der Waals surface area (Å²) in [7, 11) is 0. The number of epoxide rings is 1. The van der Waals surface area contributed by atoms with Crippen LogP contribution < -0.4 is 0 Å². The molecule has 2 aliphatic carbocycles. The molecule has 0 bridgehead atoms. The molecule has 0 amide bonds. The van der Waals surface area contributed by atoms with Gasteiger partial charge in [0, 0.05) is 11.8 Å². The molecule has 4 nitrogen and oxygen atoms in total. The number of ether oxygens (including phenoxy) is 2. The molecule has 2 saturated heterocycles. The smallest absolute Gasteiger partial charge is 0.190 e. The summed E-state index contributed by atoms with van der Waals surface area (Å²) in [6.07, 6.45) is 2.03. The minimum absolute atomic E-state index is 0.0163. The number of fused-ring (bicyclic) bond motifs is 2. The first kappa shape index (κ1) is 12.1. The topological polar surface area (TPSA) is 59.1 Å². The molecule has 0 unspecified atom stereocenters. The summed E-state index contributed by atoms with van der Waals surface area (Å²) in [5.74, 6) is 0.206. The van der Waals surface area contributed by atoms with Crippen molar-refractivity contribution in [3.8, 4) is 0 Å². The van der Waals surface area contributed by atoms with Gasteiger partial charge in [0.25, 0.3) is 0 Å². The van der Waals surface area contributed by atoms with E-state index in [1.54, 1.807) is 6.92 Å². The average Bonchev–Trinajstić information content (AvgIpc) is 2.92. The predicted octanol–water partition coefficient (Wildman–Crippen LogP) is 1.22. The molecule has 19 heavy (non-hydrogen) atoms. The van der Waals surface area contributed by atoms with E-state index in [0.29, 0.717) is 12.0 Å². The van der Waals surface area contributed by atoms with E-state index in [-0.39, 0.29) is 29.8 Å². The van der Waals surface area contributed by atoms with Crippen LogP contribution in [0.25, 0.3) is 0 Å². The summed E-state index contributed by atoms with van der Waals surface area (Å²) in [6, 6.07) is 0. The average molecular weight is 264 g/mol. The van der Waals surface area contributed by atoms with Crippen molar-refractivity contribution >= 4 is 5.78 Å². The molecule has 2 saturated carbocycles. The number of carbonyl (C=O) groups excluding carboxylic acids is 1. The third-order valence-electron chi connectivity index (χ3n) is 5.75. The molecule has 1 spiro atoms. The van der Waals surface area contributed by atoms with Crippen LogP contribution in [-0.4, -0.2) is 40.4 Å². The molecule has 4 aliphatic rings. The Morgan fingerprint density at radius 1 is 1.47 bits per heavy atom. The zero-order valence-electron chi connectivity index (χ0n) is 11.4. The highest BCUT2D eigenvalue weighted by molar-refractivity contribution is 6.02. The highest BCUT2D eigenvalue weighted by Gasteiger charge is 2.79. The van der Waals surface area contributed by atoms with Gasteiger partial charge in [-0.15, -0.1) is 0 Å². The number of hydrogen-bond donors (Lipinski definition) is 1. The van der Waals surface area contributed by atoms with Crippen molar-refractivity contribution in [1.29, 1.82) is 0 Å². The molecule has 7 atom stereocenters. The van der Waals surface area contributed by atoms with Crippen LogP contribution in [0.15, 0.2) is 12.2 Å². The fraction of sp³-hybridized carbons (Fsp3) is 0.800. The van der Waals surface area contributed by atoms with Gasteiger partial charge in [-0.25, -0.2) is 0 Å². The zero-order chi connectivity index (χ0) is 13.6. The second-order valence-corrected chi connectivity index (χ2v) is 6.85. The highest BCUT2D eigenvalue weighted by atomic mass is 16.6. The van der Waals surface area contributed by atoms with Gasteiger partial charge < -0.3 is 14.6 Å². The Morgan fingerprint density at radius 2 is 2.21 bits per heavy atom. The van der Waals surface area contributed by atoms with Crippen LogP contribution in [-0.2, 0) is 14.3 Å². The van der Waals surface area contributed by atoms with Crippen molar-refractivity contribution < 1.29 is 19.4 Å². The summed E-state index contributed by atoms with van der Waals surface area (Å²) >= 11 is 0. The normalized spacial score (nSPS) is 59.4. The number of carbonyl (C=O) groups is 1. The second kappa shape index (κ2) is 3.30. The summed E-state index contributed by atoms with van der Waals surface area (Å²) < 4.78 is 11.8. The van der Waals surface area contributed by atoms with Gasteiger partial charge in [-0.05, 0) is 38.7 Å². The van der Waals surface area contributed by atoms with E-state index in [9.17, 15) is 9.90 Å². The van der Waals surface area contributed by atoms with Gasteiger partial charge in [0.2, 0.25) is 0 Å². The molecule has 4 fully saturated rings. The molecular formula is C15H20O4. The lowest BCUT2D eigenvalue weighted by Crippen LogP contribution is -2.46. The quantitative estimate of drug-likeness (QED) is 0.528. The van der Waals surface area contributed by atoms with Crippen LogP contribution in [0, 0.1) is 11.8 Å². The lowest BCUT2D eigenvalue weighted by atomic mass is 9.80. The molecular weight excluding hydrogens is 244 g/mol. The van der Waals surface area contributed by atoms with Crippen molar-refractivity contribution in [3.63, 3.8) is 0 Å². The summed E-state index contributed by atoms with van der Waals surface area (Å²) in [6.45, 7) is 7.82. The maximum absolute atomic E-state index is 12.5. The first-order chi connectivity index (χ1) is 8.88. The number of aliphatic hydroxyl groups is 1. The molecule has 4 rings (SSSR count). The van der Waals surface area contributed by atoms with Crippen LogP contribution >= 0.6 is 0 Å². The van der Waals surface area contributed by atoms with Gasteiger partial charge in [0.1, 0.15) is 5.60 Å². The summed E-state index contributed by atoms with van der Waals surface area (Å²) in [5, 5.41) is 10.6. The van der Waals surface area contributed by atoms with Gasteiger partial charge in [-0.3, -0.25) is 4.79 Å². The van der Waals surface area contributed by atoms with E-state index in [4.69, 9.17) is 9.47 Å². The van der Waals surface area contributed by atoms with Crippen molar-refractivity contribution in [3.05, 3.63) is 12.2 Å². The highest BCUT2D eigenvalue weighted by Crippen LogP contribution is 2.64. The zero-order valence-corrected chi connectivity index (χ0v) is 11.4. The standard InChI is InChI=1S/C15H20O4/c1-7-6-9-8(2)11(16)13-15(19-13)10(12(9)18-7)4-5-14(15,3)17/h7,9-10,12-13,17H,2,4-6H2,1,3H3/t7-,9+,10-,12-,13-,14+,15+/m1/s1. The van der Waals surface area contributed by atoms with E-state index in [0.717, 1.165) is 12.8 Å². The number of rotatable bonds is 0. The number of ketones is 1. The van der Waals surface area contributed by atoms with E-state index in [2.05, 4.69) is 6.58 Å². The minimum atomic E-state index is -0.928. The van der Waals surface area contributed by atoms with E-state index in [1.807, 2.05) is 6.92 Å². The Bertz CT molecular complexity index is 483.